The third kappa shape index (κ3) is 4.30. The minimum atomic E-state index is -0.362. The van der Waals surface area contributed by atoms with Crippen molar-refractivity contribution in [2.24, 2.45) is 0 Å². The molecule has 0 atom stereocenters. The Bertz CT molecular complexity index is 1160. The Morgan fingerprint density at radius 1 is 0.818 bits per heavy atom. The van der Waals surface area contributed by atoms with Crippen LogP contribution in [-0.4, -0.2) is 41.8 Å². The number of likely N-dealkylation sites (tertiary alicyclic amines) is 1. The smallest absolute Gasteiger partial charge is 0.266 e. The van der Waals surface area contributed by atoms with E-state index in [0.29, 0.717) is 22.4 Å². The molecule has 0 unspecified atom stereocenters. The first-order chi connectivity index (χ1) is 16.1. The summed E-state index contributed by atoms with van der Waals surface area (Å²) in [5, 5.41) is 3.12. The molecule has 3 aromatic carbocycles. The predicted octanol–water partition coefficient (Wildman–Crippen LogP) is 3.88. The molecule has 3 aromatic rings. The molecule has 166 valence electrons. The summed E-state index contributed by atoms with van der Waals surface area (Å²) in [5.74, 6) is -0.909. The van der Waals surface area contributed by atoms with E-state index in [1.165, 1.54) is 5.56 Å². The number of carbonyl (C=O) groups excluding carboxylic acids is 3. The van der Waals surface area contributed by atoms with Crippen molar-refractivity contribution in [3.8, 4) is 0 Å². The average Bonchev–Trinajstić information content (AvgIpc) is 3.11. The van der Waals surface area contributed by atoms with Crippen molar-refractivity contribution in [3.05, 3.63) is 101 Å². The van der Waals surface area contributed by atoms with Crippen LogP contribution in [0.2, 0.25) is 0 Å². The number of fused-ring (bicyclic) bond motifs is 1. The number of rotatable bonds is 5. The van der Waals surface area contributed by atoms with E-state index >= 15 is 0 Å². The number of nitrogens with one attached hydrogen (secondary N) is 1. The summed E-state index contributed by atoms with van der Waals surface area (Å²) in [4.78, 5) is 42.0. The molecule has 33 heavy (non-hydrogen) atoms. The van der Waals surface area contributed by atoms with E-state index in [0.717, 1.165) is 37.4 Å². The molecule has 0 bridgehead atoms. The second-order valence-corrected chi connectivity index (χ2v) is 8.55. The molecule has 5 rings (SSSR count). The summed E-state index contributed by atoms with van der Waals surface area (Å²) in [7, 11) is 0. The lowest BCUT2D eigenvalue weighted by molar-refractivity contribution is 0.0900. The molecule has 0 aliphatic carbocycles. The Morgan fingerprint density at radius 3 is 2.12 bits per heavy atom. The first kappa shape index (κ1) is 21.1. The van der Waals surface area contributed by atoms with Gasteiger partial charge in [0, 0.05) is 31.2 Å². The van der Waals surface area contributed by atoms with Crippen molar-refractivity contribution in [2.45, 2.75) is 25.4 Å². The van der Waals surface area contributed by atoms with Crippen LogP contribution >= 0.6 is 0 Å². The number of anilines is 1. The van der Waals surface area contributed by atoms with Crippen LogP contribution in [0.5, 0.6) is 0 Å². The van der Waals surface area contributed by atoms with Crippen LogP contribution in [0.3, 0.4) is 0 Å². The van der Waals surface area contributed by atoms with Crippen LogP contribution in [0.4, 0.5) is 5.69 Å². The van der Waals surface area contributed by atoms with E-state index in [1.807, 2.05) is 6.07 Å². The van der Waals surface area contributed by atoms with Crippen molar-refractivity contribution in [3.63, 3.8) is 0 Å². The molecule has 1 N–H and O–H groups in total. The Morgan fingerprint density at radius 2 is 1.45 bits per heavy atom. The van der Waals surface area contributed by atoms with Crippen molar-refractivity contribution in [1.29, 1.82) is 0 Å². The van der Waals surface area contributed by atoms with Gasteiger partial charge in [0.25, 0.3) is 17.7 Å². The van der Waals surface area contributed by atoms with Crippen LogP contribution in [-0.2, 0) is 6.54 Å². The molecule has 0 aromatic heterocycles. The fraction of sp³-hybridized carbons (Fsp3) is 0.222. The van der Waals surface area contributed by atoms with Crippen molar-refractivity contribution in [2.75, 3.05) is 18.0 Å². The lowest BCUT2D eigenvalue weighted by Crippen LogP contribution is -2.44. The molecule has 0 saturated carbocycles. The van der Waals surface area contributed by atoms with Gasteiger partial charge in [-0.1, -0.05) is 48.5 Å². The van der Waals surface area contributed by atoms with Crippen LogP contribution in [0.25, 0.3) is 0 Å². The Kier molecular flexibility index (Phi) is 5.75. The maximum atomic E-state index is 12.9. The molecule has 2 aliphatic heterocycles. The molecule has 6 nitrogen and oxygen atoms in total. The van der Waals surface area contributed by atoms with Gasteiger partial charge in [-0.15, -0.1) is 0 Å². The van der Waals surface area contributed by atoms with Gasteiger partial charge in [-0.2, -0.15) is 0 Å². The van der Waals surface area contributed by atoms with Crippen LogP contribution in [0, 0.1) is 0 Å². The van der Waals surface area contributed by atoms with E-state index in [9.17, 15) is 14.4 Å². The molecule has 1 saturated heterocycles. The zero-order valence-corrected chi connectivity index (χ0v) is 18.2. The number of amides is 3. The van der Waals surface area contributed by atoms with Gasteiger partial charge in [0.05, 0.1) is 16.8 Å². The molecule has 3 amide bonds. The highest BCUT2D eigenvalue weighted by atomic mass is 16.2. The van der Waals surface area contributed by atoms with Crippen LogP contribution < -0.4 is 10.2 Å². The third-order valence-corrected chi connectivity index (χ3v) is 6.33. The molecular weight excluding hydrogens is 414 g/mol. The quantitative estimate of drug-likeness (QED) is 0.613. The molecule has 2 heterocycles. The monoisotopic (exact) mass is 439 g/mol. The van der Waals surface area contributed by atoms with Gasteiger partial charge in [0.2, 0.25) is 0 Å². The zero-order valence-electron chi connectivity index (χ0n) is 18.2. The third-order valence-electron chi connectivity index (χ3n) is 6.33. The number of hydrogen-bond donors (Lipinski definition) is 1. The maximum Gasteiger partial charge on any atom is 0.266 e. The first-order valence-corrected chi connectivity index (χ1v) is 11.3. The summed E-state index contributed by atoms with van der Waals surface area (Å²) in [6.07, 6.45) is 1.77. The number of hydrogen-bond acceptors (Lipinski definition) is 4. The number of nitrogens with zero attached hydrogens (tertiary/aromatic N) is 2. The topological polar surface area (TPSA) is 69.7 Å². The van der Waals surface area contributed by atoms with E-state index < -0.39 is 0 Å². The second-order valence-electron chi connectivity index (χ2n) is 8.55. The van der Waals surface area contributed by atoms with Crippen LogP contribution in [0.15, 0.2) is 78.9 Å². The average molecular weight is 440 g/mol. The van der Waals surface area contributed by atoms with Gasteiger partial charge in [0.15, 0.2) is 0 Å². The van der Waals surface area contributed by atoms with Crippen molar-refractivity contribution >= 4 is 23.4 Å². The lowest BCUT2D eigenvalue weighted by atomic mass is 10.0. The van der Waals surface area contributed by atoms with E-state index in [-0.39, 0.29) is 23.8 Å². The highest BCUT2D eigenvalue weighted by Crippen LogP contribution is 2.28. The van der Waals surface area contributed by atoms with Gasteiger partial charge in [0.1, 0.15) is 0 Å². The predicted molar refractivity (Wildman–Crippen MR) is 126 cm³/mol. The molecule has 1 fully saturated rings. The fourth-order valence-corrected chi connectivity index (χ4v) is 4.56. The summed E-state index contributed by atoms with van der Waals surface area (Å²) >= 11 is 0. The second kappa shape index (κ2) is 9.00. The van der Waals surface area contributed by atoms with Gasteiger partial charge in [-0.05, 0) is 48.7 Å². The van der Waals surface area contributed by atoms with E-state index in [4.69, 9.17) is 0 Å². The Hall–Kier alpha value is -3.77. The number of benzene rings is 3. The van der Waals surface area contributed by atoms with Crippen molar-refractivity contribution < 1.29 is 14.4 Å². The highest BCUT2D eigenvalue weighted by Gasteiger charge is 2.36. The Balaban J connectivity index is 1.22. The van der Waals surface area contributed by atoms with Crippen LogP contribution in [0.1, 0.15) is 49.5 Å². The van der Waals surface area contributed by atoms with Gasteiger partial charge in [-0.25, -0.2) is 4.90 Å². The molecular formula is C27H25N3O3. The molecule has 0 spiro atoms. The highest BCUT2D eigenvalue weighted by molar-refractivity contribution is 6.34. The summed E-state index contributed by atoms with van der Waals surface area (Å²) in [5.41, 5.74) is 2.92. The minimum Gasteiger partial charge on any atom is -0.349 e. The van der Waals surface area contributed by atoms with Gasteiger partial charge < -0.3 is 5.32 Å². The van der Waals surface area contributed by atoms with E-state index in [2.05, 4.69) is 34.5 Å². The van der Waals surface area contributed by atoms with Gasteiger partial charge in [-0.3, -0.25) is 19.3 Å². The normalized spacial score (nSPS) is 16.7. The zero-order chi connectivity index (χ0) is 22.8. The number of imide groups is 1. The fourth-order valence-electron chi connectivity index (χ4n) is 4.56. The molecule has 2 aliphatic rings. The molecule has 6 heteroatoms. The standard InChI is InChI=1S/C27H25N3O3/c31-25(28-21-13-15-29(16-14-21)18-19-7-2-1-3-8-19)20-9-6-10-22(17-20)30-26(32)23-11-4-5-12-24(23)27(30)33/h1-12,17,21H,13-16,18H2,(H,28,31). The summed E-state index contributed by atoms with van der Waals surface area (Å²) in [6.45, 7) is 2.77. The SMILES string of the molecule is O=C(NC1CCN(Cc2ccccc2)CC1)c1cccc(N2C(=O)c3ccccc3C2=O)c1. The van der Waals surface area contributed by atoms with E-state index in [1.54, 1.807) is 48.5 Å². The first-order valence-electron chi connectivity index (χ1n) is 11.3. The van der Waals surface area contributed by atoms with Crippen molar-refractivity contribution in [1.82, 2.24) is 10.2 Å². The number of piperidine rings is 1. The minimum absolute atomic E-state index is 0.104. The lowest BCUT2D eigenvalue weighted by Gasteiger charge is -2.32. The Labute approximate surface area is 192 Å². The van der Waals surface area contributed by atoms with Gasteiger partial charge >= 0.3 is 0 Å². The summed E-state index contributed by atoms with van der Waals surface area (Å²) < 4.78 is 0. The largest absolute Gasteiger partial charge is 0.349 e. The maximum absolute atomic E-state index is 12.9. The molecule has 0 radical (unpaired) electrons. The summed E-state index contributed by atoms with van der Waals surface area (Å²) in [6, 6.07) is 24.0. The number of carbonyl (C=O) groups is 3.